The zero-order valence-corrected chi connectivity index (χ0v) is 11.1. The van der Waals surface area contributed by atoms with Gasteiger partial charge < -0.3 is 14.3 Å². The molecule has 0 bridgehead atoms. The van der Waals surface area contributed by atoms with Gasteiger partial charge in [0.2, 0.25) is 0 Å². The first-order valence-electron chi connectivity index (χ1n) is 5.42. The Morgan fingerprint density at radius 2 is 2.12 bits per heavy atom. The van der Waals surface area contributed by atoms with Crippen LogP contribution in [0.3, 0.4) is 0 Å². The van der Waals surface area contributed by atoms with E-state index in [1.807, 2.05) is 19.1 Å². The fourth-order valence-corrected chi connectivity index (χ4v) is 2.03. The van der Waals surface area contributed by atoms with Gasteiger partial charge in [-0.25, -0.2) is 0 Å². The van der Waals surface area contributed by atoms with Crippen molar-refractivity contribution in [3.05, 3.63) is 28.3 Å². The fraction of sp³-hybridized carbons (Fsp3) is 0.462. The van der Waals surface area contributed by atoms with Crippen molar-refractivity contribution in [1.82, 2.24) is 0 Å². The van der Waals surface area contributed by atoms with Gasteiger partial charge in [0.1, 0.15) is 12.0 Å². The van der Waals surface area contributed by atoms with Gasteiger partial charge in [0, 0.05) is 13.5 Å². The third-order valence-electron chi connectivity index (χ3n) is 2.69. The molecule has 0 fully saturated rings. The molecular weight excluding hydrogens is 240 g/mol. The van der Waals surface area contributed by atoms with E-state index in [1.54, 1.807) is 14.2 Å². The minimum absolute atomic E-state index is 0.126. The van der Waals surface area contributed by atoms with Gasteiger partial charge in [0.15, 0.2) is 0 Å². The number of rotatable bonds is 6. The third-order valence-corrected chi connectivity index (χ3v) is 2.99. The van der Waals surface area contributed by atoms with Gasteiger partial charge in [-0.1, -0.05) is 18.5 Å². The van der Waals surface area contributed by atoms with Crippen LogP contribution in [0.25, 0.3) is 0 Å². The monoisotopic (exact) mass is 256 g/mol. The Morgan fingerprint density at radius 3 is 2.65 bits per heavy atom. The number of benzene rings is 1. The molecule has 1 unspecified atom stereocenters. The Hall–Kier alpha value is -1.06. The quantitative estimate of drug-likeness (QED) is 0.734. The lowest BCUT2D eigenvalue weighted by Gasteiger charge is -2.16. The number of hydrogen-bond donors (Lipinski definition) is 0. The SMILES string of the molecule is COCc1cc(OC)c(Cl)cc1C(C)CC=O. The first-order valence-corrected chi connectivity index (χ1v) is 5.80. The molecule has 0 spiro atoms. The summed E-state index contributed by atoms with van der Waals surface area (Å²) in [6, 6.07) is 3.71. The Balaban J connectivity index is 3.16. The van der Waals surface area contributed by atoms with Gasteiger partial charge in [0.05, 0.1) is 18.7 Å². The van der Waals surface area contributed by atoms with E-state index in [0.717, 1.165) is 17.4 Å². The highest BCUT2D eigenvalue weighted by Crippen LogP contribution is 2.33. The van der Waals surface area contributed by atoms with Crippen molar-refractivity contribution >= 4 is 17.9 Å². The first-order chi connectivity index (χ1) is 8.13. The molecule has 0 aromatic heterocycles. The lowest BCUT2D eigenvalue weighted by atomic mass is 9.93. The van der Waals surface area contributed by atoms with Crippen LogP contribution < -0.4 is 4.74 Å². The predicted molar refractivity (Wildman–Crippen MR) is 67.8 cm³/mol. The summed E-state index contributed by atoms with van der Waals surface area (Å²) in [5, 5.41) is 0.556. The zero-order valence-electron chi connectivity index (χ0n) is 10.3. The average molecular weight is 257 g/mol. The summed E-state index contributed by atoms with van der Waals surface area (Å²) in [5.74, 6) is 0.752. The van der Waals surface area contributed by atoms with Crippen LogP contribution in [0.1, 0.15) is 30.4 Å². The number of ether oxygens (including phenoxy) is 2. The summed E-state index contributed by atoms with van der Waals surface area (Å²) in [6.07, 6.45) is 1.39. The molecule has 0 aliphatic carbocycles. The van der Waals surface area contributed by atoms with Crippen LogP contribution in [0.4, 0.5) is 0 Å². The summed E-state index contributed by atoms with van der Waals surface area (Å²) < 4.78 is 10.3. The van der Waals surface area contributed by atoms with E-state index in [4.69, 9.17) is 21.1 Å². The summed E-state index contributed by atoms with van der Waals surface area (Å²) in [4.78, 5) is 10.6. The van der Waals surface area contributed by atoms with Crippen molar-refractivity contribution in [3.63, 3.8) is 0 Å². The van der Waals surface area contributed by atoms with Crippen LogP contribution in [0.2, 0.25) is 5.02 Å². The van der Waals surface area contributed by atoms with Gasteiger partial charge in [-0.3, -0.25) is 0 Å². The van der Waals surface area contributed by atoms with Crippen molar-refractivity contribution in [2.45, 2.75) is 25.9 Å². The summed E-state index contributed by atoms with van der Waals surface area (Å²) in [6.45, 7) is 2.47. The largest absolute Gasteiger partial charge is 0.495 e. The smallest absolute Gasteiger partial charge is 0.137 e. The predicted octanol–water partition coefficient (Wildman–Crippen LogP) is 3.19. The molecule has 0 radical (unpaired) electrons. The van der Waals surface area contributed by atoms with Crippen LogP contribution in [0, 0.1) is 0 Å². The maximum atomic E-state index is 10.6. The topological polar surface area (TPSA) is 35.5 Å². The minimum Gasteiger partial charge on any atom is -0.495 e. The molecule has 17 heavy (non-hydrogen) atoms. The van der Waals surface area contributed by atoms with Gasteiger partial charge in [0.25, 0.3) is 0 Å². The fourth-order valence-electron chi connectivity index (χ4n) is 1.78. The van der Waals surface area contributed by atoms with Gasteiger partial charge in [-0.15, -0.1) is 0 Å². The number of carbonyl (C=O) groups is 1. The highest BCUT2D eigenvalue weighted by Gasteiger charge is 2.14. The first kappa shape index (κ1) is 14.0. The second-order valence-corrected chi connectivity index (χ2v) is 4.33. The van der Waals surface area contributed by atoms with Crippen molar-refractivity contribution in [2.75, 3.05) is 14.2 Å². The van der Waals surface area contributed by atoms with Crippen LogP contribution in [-0.4, -0.2) is 20.5 Å². The van der Waals surface area contributed by atoms with Crippen molar-refractivity contribution in [1.29, 1.82) is 0 Å². The van der Waals surface area contributed by atoms with E-state index < -0.39 is 0 Å². The number of aldehydes is 1. The summed E-state index contributed by atoms with van der Waals surface area (Å²) in [7, 11) is 3.21. The van der Waals surface area contributed by atoms with Crippen LogP contribution in [-0.2, 0) is 16.1 Å². The molecule has 0 heterocycles. The molecule has 0 aliphatic heterocycles. The molecule has 0 aliphatic rings. The molecule has 4 heteroatoms. The number of hydrogen-bond acceptors (Lipinski definition) is 3. The lowest BCUT2D eigenvalue weighted by Crippen LogP contribution is -2.02. The molecule has 0 saturated heterocycles. The second-order valence-electron chi connectivity index (χ2n) is 3.92. The number of halogens is 1. The molecule has 1 aromatic carbocycles. The van der Waals surface area contributed by atoms with Crippen molar-refractivity contribution < 1.29 is 14.3 Å². The van der Waals surface area contributed by atoms with Crippen LogP contribution in [0.15, 0.2) is 12.1 Å². The molecule has 1 rings (SSSR count). The molecule has 3 nitrogen and oxygen atoms in total. The van der Waals surface area contributed by atoms with E-state index in [0.29, 0.717) is 23.8 Å². The van der Waals surface area contributed by atoms with E-state index in [2.05, 4.69) is 0 Å². The minimum atomic E-state index is 0.126. The van der Waals surface area contributed by atoms with E-state index >= 15 is 0 Å². The number of carbonyl (C=O) groups excluding carboxylic acids is 1. The van der Waals surface area contributed by atoms with Crippen molar-refractivity contribution in [3.8, 4) is 5.75 Å². The highest BCUT2D eigenvalue weighted by atomic mass is 35.5. The molecule has 0 saturated carbocycles. The Morgan fingerprint density at radius 1 is 1.41 bits per heavy atom. The zero-order chi connectivity index (χ0) is 12.8. The highest BCUT2D eigenvalue weighted by molar-refractivity contribution is 6.32. The molecule has 1 aromatic rings. The lowest BCUT2D eigenvalue weighted by molar-refractivity contribution is -0.108. The maximum Gasteiger partial charge on any atom is 0.137 e. The Kier molecular flexibility index (Phi) is 5.45. The van der Waals surface area contributed by atoms with Gasteiger partial charge in [-0.2, -0.15) is 0 Å². The van der Waals surface area contributed by atoms with Gasteiger partial charge in [-0.05, 0) is 29.2 Å². The van der Waals surface area contributed by atoms with Gasteiger partial charge >= 0.3 is 0 Å². The van der Waals surface area contributed by atoms with Crippen molar-refractivity contribution in [2.24, 2.45) is 0 Å². The van der Waals surface area contributed by atoms with Crippen LogP contribution in [0.5, 0.6) is 5.75 Å². The average Bonchev–Trinajstić information content (AvgIpc) is 2.31. The normalized spacial score (nSPS) is 12.2. The summed E-state index contributed by atoms with van der Waals surface area (Å²) in [5.41, 5.74) is 2.04. The van der Waals surface area contributed by atoms with E-state index in [-0.39, 0.29) is 5.92 Å². The Bertz CT molecular complexity index is 390. The molecule has 1 atom stereocenters. The van der Waals surface area contributed by atoms with E-state index in [9.17, 15) is 4.79 Å². The summed E-state index contributed by atoms with van der Waals surface area (Å²) >= 11 is 6.09. The van der Waals surface area contributed by atoms with E-state index in [1.165, 1.54) is 0 Å². The molecule has 94 valence electrons. The molecule has 0 amide bonds. The number of methoxy groups -OCH3 is 2. The Labute approximate surface area is 107 Å². The maximum absolute atomic E-state index is 10.6. The second kappa shape index (κ2) is 6.62. The standard InChI is InChI=1S/C13H17ClO3/c1-9(4-5-15)11-7-12(14)13(17-3)6-10(11)8-16-2/h5-7,9H,4,8H2,1-3H3. The molecule has 0 N–H and O–H groups in total. The molecular formula is C13H17ClO3. The van der Waals surface area contributed by atoms with Crippen LogP contribution >= 0.6 is 11.6 Å². The third kappa shape index (κ3) is 3.45.